The zero-order valence-electron chi connectivity index (χ0n) is 9.16. The Bertz CT molecular complexity index is 237. The number of primary amides is 1. The highest BCUT2D eigenvalue weighted by Gasteiger charge is 2.18. The van der Waals surface area contributed by atoms with Crippen molar-refractivity contribution < 1.29 is 9.59 Å². The molecule has 0 heterocycles. The molecular formula is C10H19N3O2. The second-order valence-electron chi connectivity index (χ2n) is 4.26. The lowest BCUT2D eigenvalue weighted by Crippen LogP contribution is -2.42. The quantitative estimate of drug-likeness (QED) is 0.705. The Morgan fingerprint density at radius 2 is 2.00 bits per heavy atom. The monoisotopic (exact) mass is 213 g/mol. The molecule has 0 aromatic rings. The first-order valence-corrected chi connectivity index (χ1v) is 5.35. The molecule has 0 radical (unpaired) electrons. The zero-order chi connectivity index (χ0) is 11.3. The van der Waals surface area contributed by atoms with Crippen molar-refractivity contribution >= 4 is 11.9 Å². The van der Waals surface area contributed by atoms with Crippen LogP contribution in [0.3, 0.4) is 0 Å². The Hall–Kier alpha value is -1.10. The Balaban J connectivity index is 2.19. The van der Waals surface area contributed by atoms with E-state index < -0.39 is 6.03 Å². The lowest BCUT2D eigenvalue weighted by atomic mass is 10.1. The second-order valence-corrected chi connectivity index (χ2v) is 4.26. The van der Waals surface area contributed by atoms with Gasteiger partial charge in [-0.2, -0.15) is 0 Å². The fourth-order valence-electron chi connectivity index (χ4n) is 2.12. The molecule has 5 nitrogen and oxygen atoms in total. The number of hydrogen-bond acceptors (Lipinski definition) is 3. The van der Waals surface area contributed by atoms with Gasteiger partial charge in [0.1, 0.15) is 0 Å². The van der Waals surface area contributed by atoms with Crippen LogP contribution in [0.1, 0.15) is 25.7 Å². The molecule has 0 unspecified atom stereocenters. The predicted octanol–water partition coefficient (Wildman–Crippen LogP) is 0.303. The average Bonchev–Trinajstić information content (AvgIpc) is 2.53. The number of nitrogens with zero attached hydrogens (tertiary/aromatic N) is 1. The van der Waals surface area contributed by atoms with E-state index in [0.717, 1.165) is 6.54 Å². The van der Waals surface area contributed by atoms with E-state index >= 15 is 0 Å². The van der Waals surface area contributed by atoms with Gasteiger partial charge in [-0.05, 0) is 25.8 Å². The summed E-state index contributed by atoms with van der Waals surface area (Å²) in [6.45, 7) is 1.16. The third-order valence-corrected chi connectivity index (χ3v) is 2.72. The normalized spacial score (nSPS) is 16.9. The summed E-state index contributed by atoms with van der Waals surface area (Å²) in [4.78, 5) is 23.5. The molecule has 15 heavy (non-hydrogen) atoms. The van der Waals surface area contributed by atoms with E-state index in [1.54, 1.807) is 0 Å². The van der Waals surface area contributed by atoms with Gasteiger partial charge in [-0.15, -0.1) is 0 Å². The van der Waals surface area contributed by atoms with Crippen LogP contribution in [0.4, 0.5) is 4.79 Å². The van der Waals surface area contributed by atoms with Crippen LogP contribution in [0.25, 0.3) is 0 Å². The summed E-state index contributed by atoms with van der Waals surface area (Å²) in [7, 11) is 1.89. The van der Waals surface area contributed by atoms with Crippen LogP contribution in [-0.4, -0.2) is 37.0 Å². The van der Waals surface area contributed by atoms with Crippen LogP contribution in [-0.2, 0) is 4.79 Å². The van der Waals surface area contributed by atoms with E-state index in [1.165, 1.54) is 25.7 Å². The average molecular weight is 213 g/mol. The minimum atomic E-state index is -0.783. The molecule has 1 fully saturated rings. The van der Waals surface area contributed by atoms with Crippen LogP contribution in [0.2, 0.25) is 0 Å². The summed E-state index contributed by atoms with van der Waals surface area (Å²) in [6.07, 6.45) is 5.10. The summed E-state index contributed by atoms with van der Waals surface area (Å²) in [6, 6.07) is -0.783. The van der Waals surface area contributed by atoms with Gasteiger partial charge in [0.2, 0.25) is 5.91 Å². The van der Waals surface area contributed by atoms with E-state index in [0.29, 0.717) is 5.92 Å². The first kappa shape index (κ1) is 12.0. The predicted molar refractivity (Wildman–Crippen MR) is 57.2 cm³/mol. The van der Waals surface area contributed by atoms with Crippen molar-refractivity contribution in [2.45, 2.75) is 25.7 Å². The minimum absolute atomic E-state index is 0.236. The van der Waals surface area contributed by atoms with Crippen LogP contribution in [0, 0.1) is 5.92 Å². The first-order valence-electron chi connectivity index (χ1n) is 5.35. The van der Waals surface area contributed by atoms with Gasteiger partial charge in [0.05, 0.1) is 6.54 Å². The lowest BCUT2D eigenvalue weighted by Gasteiger charge is -2.19. The number of amides is 3. The van der Waals surface area contributed by atoms with Gasteiger partial charge in [0.15, 0.2) is 0 Å². The molecule has 3 N–H and O–H groups in total. The first-order chi connectivity index (χ1) is 7.08. The fourth-order valence-corrected chi connectivity index (χ4v) is 2.12. The van der Waals surface area contributed by atoms with Crippen molar-refractivity contribution in [1.82, 2.24) is 10.2 Å². The minimum Gasteiger partial charge on any atom is -0.351 e. The van der Waals surface area contributed by atoms with Crippen molar-refractivity contribution in [2.24, 2.45) is 11.7 Å². The molecule has 0 spiro atoms. The van der Waals surface area contributed by atoms with Gasteiger partial charge in [0.25, 0.3) is 0 Å². The molecule has 1 aliphatic rings. The molecule has 0 bridgehead atoms. The maximum atomic E-state index is 11.2. The highest BCUT2D eigenvalue weighted by Crippen LogP contribution is 2.24. The summed E-state index contributed by atoms with van der Waals surface area (Å²) in [5, 5.41) is 2.06. The number of nitrogens with two attached hydrogens (primary N) is 1. The van der Waals surface area contributed by atoms with Crippen molar-refractivity contribution in [2.75, 3.05) is 20.1 Å². The Labute approximate surface area is 90.0 Å². The van der Waals surface area contributed by atoms with E-state index in [1.807, 2.05) is 11.9 Å². The number of nitrogens with one attached hydrogen (secondary N) is 1. The van der Waals surface area contributed by atoms with Crippen molar-refractivity contribution in [3.8, 4) is 0 Å². The summed E-state index contributed by atoms with van der Waals surface area (Å²) in [5.41, 5.74) is 4.84. The summed E-state index contributed by atoms with van der Waals surface area (Å²) < 4.78 is 0. The Morgan fingerprint density at radius 3 is 2.53 bits per heavy atom. The van der Waals surface area contributed by atoms with Crippen LogP contribution < -0.4 is 11.1 Å². The number of urea groups is 1. The number of likely N-dealkylation sites (N-methyl/N-ethyl adjacent to an activating group) is 1. The molecule has 1 rings (SSSR count). The zero-order valence-corrected chi connectivity index (χ0v) is 9.16. The van der Waals surface area contributed by atoms with Crippen LogP contribution >= 0.6 is 0 Å². The standard InChI is InChI=1S/C10H19N3O2/c1-13(6-8-4-2-3-5-8)7-9(14)12-10(11)15/h8H,2-7H2,1H3,(H3,11,12,14,15). The van der Waals surface area contributed by atoms with Crippen LogP contribution in [0.15, 0.2) is 0 Å². The molecule has 0 aromatic heterocycles. The van der Waals surface area contributed by atoms with Gasteiger partial charge >= 0.3 is 6.03 Å². The van der Waals surface area contributed by atoms with Crippen molar-refractivity contribution in [1.29, 1.82) is 0 Å². The van der Waals surface area contributed by atoms with Gasteiger partial charge in [-0.3, -0.25) is 15.0 Å². The second kappa shape index (κ2) is 5.70. The summed E-state index contributed by atoms with van der Waals surface area (Å²) in [5.74, 6) is 0.374. The SMILES string of the molecule is CN(CC(=O)NC(N)=O)CC1CCCC1. The molecule has 0 aromatic carbocycles. The third kappa shape index (κ3) is 4.78. The number of carbonyl (C=O) groups is 2. The van der Waals surface area contributed by atoms with Gasteiger partial charge < -0.3 is 5.73 Å². The largest absolute Gasteiger partial charge is 0.351 e. The van der Waals surface area contributed by atoms with E-state index in [9.17, 15) is 9.59 Å². The molecular weight excluding hydrogens is 194 g/mol. The van der Waals surface area contributed by atoms with Crippen LogP contribution in [0.5, 0.6) is 0 Å². The van der Waals surface area contributed by atoms with Gasteiger partial charge in [0, 0.05) is 6.54 Å². The number of imide groups is 1. The van der Waals surface area contributed by atoms with Crippen molar-refractivity contribution in [3.05, 3.63) is 0 Å². The van der Waals surface area contributed by atoms with E-state index in [-0.39, 0.29) is 12.5 Å². The summed E-state index contributed by atoms with van der Waals surface area (Å²) >= 11 is 0. The molecule has 1 aliphatic carbocycles. The molecule has 0 atom stereocenters. The maximum Gasteiger partial charge on any atom is 0.318 e. The molecule has 1 saturated carbocycles. The molecule has 5 heteroatoms. The smallest absolute Gasteiger partial charge is 0.318 e. The number of carbonyl (C=O) groups excluding carboxylic acids is 2. The lowest BCUT2D eigenvalue weighted by molar-refractivity contribution is -0.120. The third-order valence-electron chi connectivity index (χ3n) is 2.72. The molecule has 0 aliphatic heterocycles. The topological polar surface area (TPSA) is 75.4 Å². The highest BCUT2D eigenvalue weighted by molar-refractivity contribution is 5.94. The van der Waals surface area contributed by atoms with Gasteiger partial charge in [-0.1, -0.05) is 12.8 Å². The highest BCUT2D eigenvalue weighted by atomic mass is 16.2. The molecule has 3 amide bonds. The molecule has 0 saturated heterocycles. The number of hydrogen-bond donors (Lipinski definition) is 2. The van der Waals surface area contributed by atoms with Crippen molar-refractivity contribution in [3.63, 3.8) is 0 Å². The Kier molecular flexibility index (Phi) is 4.55. The maximum absolute atomic E-state index is 11.2. The fraction of sp³-hybridized carbons (Fsp3) is 0.800. The molecule has 86 valence electrons. The Morgan fingerprint density at radius 1 is 1.40 bits per heavy atom. The van der Waals surface area contributed by atoms with Gasteiger partial charge in [-0.25, -0.2) is 4.79 Å². The van der Waals surface area contributed by atoms with E-state index in [4.69, 9.17) is 5.73 Å². The van der Waals surface area contributed by atoms with E-state index in [2.05, 4.69) is 5.32 Å². The number of rotatable bonds is 4.